The summed E-state index contributed by atoms with van der Waals surface area (Å²) < 4.78 is 1.49. The fourth-order valence-corrected chi connectivity index (χ4v) is 12.1. The lowest BCUT2D eigenvalue weighted by atomic mass is 10.0. The number of unbranched alkanes of at least 4 members (excludes halogenated alkanes) is 57. The summed E-state index contributed by atoms with van der Waals surface area (Å²) >= 11 is 0. The van der Waals surface area contributed by atoms with Crippen molar-refractivity contribution < 1.29 is 4.48 Å². The smallest absolute Gasteiger partial charge is 0.0786 e. The normalized spacial score (nSPS) is 12.0. The molecule has 0 N–H and O–H groups in total. The van der Waals surface area contributed by atoms with Gasteiger partial charge in [0.15, 0.2) is 0 Å². The summed E-state index contributed by atoms with van der Waals surface area (Å²) in [6.07, 6.45) is 90.2. The molecule has 0 rings (SSSR count). The van der Waals surface area contributed by atoms with E-state index in [9.17, 15) is 0 Å². The molecule has 0 saturated heterocycles. The first kappa shape index (κ1) is 70.0. The molecule has 0 heterocycles. The van der Waals surface area contributed by atoms with E-state index in [4.69, 9.17) is 0 Å². The van der Waals surface area contributed by atoms with Crippen LogP contribution in [-0.4, -0.2) is 30.7 Å². The summed E-state index contributed by atoms with van der Waals surface area (Å²) in [5, 5.41) is 0. The monoisotopic (exact) mass is 985 g/mol. The Morgan fingerprint density at radius 3 is 0.300 bits per heavy atom. The molecular weight excluding hydrogens is 843 g/mol. The highest BCUT2D eigenvalue weighted by Gasteiger charge is 2.26. The molecule has 0 fully saturated rings. The molecule has 0 aliphatic carbocycles. The second kappa shape index (κ2) is 63.3. The minimum absolute atomic E-state index is 1.37. The average molecular weight is 986 g/mol. The molecule has 0 aromatic carbocycles. The first-order chi connectivity index (χ1) is 34.7. The zero-order chi connectivity index (χ0) is 50.5. The summed E-state index contributed by atoms with van der Waals surface area (Å²) in [5.74, 6) is 0. The molecule has 0 spiro atoms. The van der Waals surface area contributed by atoms with Gasteiger partial charge in [0, 0.05) is 0 Å². The second-order valence-corrected chi connectivity index (χ2v) is 24.4. The topological polar surface area (TPSA) is 0 Å². The highest BCUT2D eigenvalue weighted by Crippen LogP contribution is 2.23. The third-order valence-electron chi connectivity index (χ3n) is 17.2. The van der Waals surface area contributed by atoms with Gasteiger partial charge in [-0.3, -0.25) is 0 Å². The first-order valence-electron chi connectivity index (χ1n) is 34.6. The number of nitrogens with zero attached hydrogens (tertiary/aromatic N) is 1. The Morgan fingerprint density at radius 1 is 0.114 bits per heavy atom. The van der Waals surface area contributed by atoms with Gasteiger partial charge in [0.1, 0.15) is 0 Å². The van der Waals surface area contributed by atoms with E-state index in [1.165, 1.54) is 422 Å². The molecule has 0 unspecified atom stereocenters. The van der Waals surface area contributed by atoms with Crippen LogP contribution >= 0.6 is 0 Å². The van der Waals surface area contributed by atoms with Crippen LogP contribution in [0.4, 0.5) is 0 Å². The lowest BCUT2D eigenvalue weighted by Crippen LogP contribution is -2.50. The van der Waals surface area contributed by atoms with Crippen molar-refractivity contribution in [1.29, 1.82) is 0 Å². The fraction of sp³-hybridized carbons (Fsp3) is 1.00. The molecule has 0 atom stereocenters. The Morgan fingerprint density at radius 2 is 0.200 bits per heavy atom. The van der Waals surface area contributed by atoms with Gasteiger partial charge in [-0.1, -0.05) is 368 Å². The van der Waals surface area contributed by atoms with Crippen molar-refractivity contribution in [2.45, 2.75) is 419 Å². The summed E-state index contributed by atoms with van der Waals surface area (Å²) in [6, 6.07) is 0. The van der Waals surface area contributed by atoms with E-state index in [0.717, 1.165) is 0 Å². The molecule has 0 aliphatic heterocycles. The maximum Gasteiger partial charge on any atom is 0.0786 e. The van der Waals surface area contributed by atoms with E-state index >= 15 is 0 Å². The molecular formula is C69H142N+. The summed E-state index contributed by atoms with van der Waals surface area (Å²) in [5.41, 5.74) is 0. The number of hydrogen-bond donors (Lipinski definition) is 0. The van der Waals surface area contributed by atoms with Crippen LogP contribution in [0.2, 0.25) is 0 Å². The van der Waals surface area contributed by atoms with Gasteiger partial charge in [-0.15, -0.1) is 0 Å². The van der Waals surface area contributed by atoms with Crippen molar-refractivity contribution >= 4 is 0 Å². The third kappa shape index (κ3) is 57.2. The van der Waals surface area contributed by atoms with Crippen molar-refractivity contribution in [2.24, 2.45) is 0 Å². The molecule has 0 amide bonds. The highest BCUT2D eigenvalue weighted by atomic mass is 15.3. The van der Waals surface area contributed by atoms with E-state index in [1.807, 2.05) is 0 Å². The maximum atomic E-state index is 2.33. The van der Waals surface area contributed by atoms with E-state index in [-0.39, 0.29) is 0 Å². The van der Waals surface area contributed by atoms with Gasteiger partial charge in [0.05, 0.1) is 26.2 Å². The number of rotatable bonds is 65. The van der Waals surface area contributed by atoms with Crippen LogP contribution < -0.4 is 0 Å². The van der Waals surface area contributed by atoms with Gasteiger partial charge >= 0.3 is 0 Å². The van der Waals surface area contributed by atoms with E-state index < -0.39 is 0 Å². The highest BCUT2D eigenvalue weighted by molar-refractivity contribution is 4.58. The van der Waals surface area contributed by atoms with Crippen LogP contribution in [0.25, 0.3) is 0 Å². The molecule has 1 nitrogen and oxygen atoms in total. The predicted octanol–water partition coefficient (Wildman–Crippen LogP) is 25.7. The minimum Gasteiger partial charge on any atom is -0.324 e. The first-order valence-corrected chi connectivity index (χ1v) is 34.6. The molecule has 0 aromatic heterocycles. The van der Waals surface area contributed by atoms with Crippen LogP contribution in [-0.2, 0) is 0 Å². The lowest BCUT2D eigenvalue weighted by molar-refractivity contribution is -0.929. The second-order valence-electron chi connectivity index (χ2n) is 24.4. The molecule has 70 heavy (non-hydrogen) atoms. The SMILES string of the molecule is CCCCCCCCCCCCCCCCCC[N+](CCCCCCCCCCCCCCCCC)(CCCCCCCCCCCCCCCCC)CCCCCCCCCCCCCCCCC. The van der Waals surface area contributed by atoms with Crippen LogP contribution in [0, 0.1) is 0 Å². The van der Waals surface area contributed by atoms with Gasteiger partial charge < -0.3 is 4.48 Å². The standard InChI is InChI=1S/C69H142N/c1-5-9-13-17-21-25-29-33-37-41-45-49-53-57-61-65-69-70(66-62-58-54-50-46-42-38-34-30-26-22-18-14-10-6-2,67-63-59-55-51-47-43-39-35-31-27-23-19-15-11-7-3)68-64-60-56-52-48-44-40-36-32-28-24-20-16-12-8-4/h5-69H2,1-4H3/q+1. The Bertz CT molecular complexity index is 795. The number of hydrogen-bond acceptors (Lipinski definition) is 0. The molecule has 0 saturated carbocycles. The quantitative estimate of drug-likeness (QED) is 0.0421. The average Bonchev–Trinajstić information content (AvgIpc) is 3.37. The van der Waals surface area contributed by atoms with Crippen LogP contribution in [0.1, 0.15) is 419 Å². The van der Waals surface area contributed by atoms with Gasteiger partial charge in [-0.2, -0.15) is 0 Å². The van der Waals surface area contributed by atoms with Crippen LogP contribution in [0.15, 0.2) is 0 Å². The molecule has 422 valence electrons. The van der Waals surface area contributed by atoms with Crippen molar-refractivity contribution in [1.82, 2.24) is 0 Å². The lowest BCUT2D eigenvalue weighted by Gasteiger charge is -2.40. The molecule has 0 bridgehead atoms. The number of quaternary nitrogens is 1. The summed E-state index contributed by atoms with van der Waals surface area (Å²) in [6.45, 7) is 15.3. The van der Waals surface area contributed by atoms with Gasteiger partial charge in [0.2, 0.25) is 0 Å². The zero-order valence-electron chi connectivity index (χ0n) is 50.4. The largest absolute Gasteiger partial charge is 0.324 e. The summed E-state index contributed by atoms with van der Waals surface area (Å²) in [7, 11) is 0. The zero-order valence-corrected chi connectivity index (χ0v) is 50.4. The van der Waals surface area contributed by atoms with E-state index in [1.54, 1.807) is 0 Å². The molecule has 0 aromatic rings. The molecule has 0 radical (unpaired) electrons. The maximum absolute atomic E-state index is 2.33. The summed E-state index contributed by atoms with van der Waals surface area (Å²) in [4.78, 5) is 0. The van der Waals surface area contributed by atoms with Crippen LogP contribution in [0.3, 0.4) is 0 Å². The van der Waals surface area contributed by atoms with Crippen molar-refractivity contribution in [2.75, 3.05) is 26.2 Å². The Kier molecular flexibility index (Phi) is 63.2. The van der Waals surface area contributed by atoms with E-state index in [2.05, 4.69) is 27.7 Å². The minimum atomic E-state index is 1.37. The van der Waals surface area contributed by atoms with Gasteiger partial charge in [-0.25, -0.2) is 0 Å². The van der Waals surface area contributed by atoms with E-state index in [0.29, 0.717) is 0 Å². The Hall–Kier alpha value is -0.0400. The molecule has 1 heteroatoms. The Balaban J connectivity index is 4.95. The third-order valence-corrected chi connectivity index (χ3v) is 17.2. The van der Waals surface area contributed by atoms with Crippen LogP contribution in [0.5, 0.6) is 0 Å². The predicted molar refractivity (Wildman–Crippen MR) is 324 cm³/mol. The Labute approximate surface area is 448 Å². The van der Waals surface area contributed by atoms with Gasteiger partial charge in [-0.05, 0) is 51.4 Å². The molecule has 0 aliphatic rings. The van der Waals surface area contributed by atoms with Crippen molar-refractivity contribution in [3.63, 3.8) is 0 Å². The van der Waals surface area contributed by atoms with Gasteiger partial charge in [0.25, 0.3) is 0 Å². The fourth-order valence-electron chi connectivity index (χ4n) is 12.1. The van der Waals surface area contributed by atoms with Crippen molar-refractivity contribution in [3.8, 4) is 0 Å². The van der Waals surface area contributed by atoms with Crippen molar-refractivity contribution in [3.05, 3.63) is 0 Å².